The number of hydrogen-bond donors (Lipinski definition) is 2. The minimum Gasteiger partial charge on any atom is -0.493 e. The van der Waals surface area contributed by atoms with E-state index in [4.69, 9.17) is 9.84 Å². The molecule has 2 N–H and O–H groups in total. The molecule has 0 spiro atoms. The molecule has 1 saturated carbocycles. The van der Waals surface area contributed by atoms with Gasteiger partial charge in [-0.05, 0) is 44.7 Å². The number of rotatable bonds is 5. The lowest BCUT2D eigenvalue weighted by atomic mass is 9.86. The molecule has 1 amide bonds. The van der Waals surface area contributed by atoms with Crippen LogP contribution in [0.2, 0.25) is 0 Å². The van der Waals surface area contributed by atoms with E-state index >= 15 is 0 Å². The van der Waals surface area contributed by atoms with Gasteiger partial charge < -0.3 is 15.2 Å². The predicted octanol–water partition coefficient (Wildman–Crippen LogP) is 2.46. The van der Waals surface area contributed by atoms with Crippen LogP contribution in [0.5, 0.6) is 5.75 Å². The van der Waals surface area contributed by atoms with Gasteiger partial charge in [0.15, 0.2) is 0 Å². The SMILES string of the molecule is CCOc1ccccc1C(=O)NC1CCC(C(=O)O)CC1. The summed E-state index contributed by atoms with van der Waals surface area (Å²) < 4.78 is 5.46. The van der Waals surface area contributed by atoms with Crippen LogP contribution >= 0.6 is 0 Å². The highest BCUT2D eigenvalue weighted by Crippen LogP contribution is 2.25. The lowest BCUT2D eigenvalue weighted by molar-refractivity contribution is -0.142. The average Bonchev–Trinajstić information content (AvgIpc) is 2.48. The Kier molecular flexibility index (Phi) is 5.20. The highest BCUT2D eigenvalue weighted by atomic mass is 16.5. The van der Waals surface area contributed by atoms with Crippen molar-refractivity contribution in [2.24, 2.45) is 5.92 Å². The van der Waals surface area contributed by atoms with Crippen LogP contribution in [-0.2, 0) is 4.79 Å². The number of carbonyl (C=O) groups excluding carboxylic acids is 1. The molecule has 1 fully saturated rings. The zero-order valence-corrected chi connectivity index (χ0v) is 12.2. The molecule has 21 heavy (non-hydrogen) atoms. The topological polar surface area (TPSA) is 75.6 Å². The van der Waals surface area contributed by atoms with Crippen LogP contribution < -0.4 is 10.1 Å². The second-order valence-corrected chi connectivity index (χ2v) is 5.29. The third kappa shape index (κ3) is 3.97. The minimum absolute atomic E-state index is 0.0442. The number of aliphatic carboxylic acids is 1. The monoisotopic (exact) mass is 291 g/mol. The van der Waals surface area contributed by atoms with Gasteiger partial charge in [-0.1, -0.05) is 12.1 Å². The van der Waals surface area contributed by atoms with Crippen molar-refractivity contribution in [3.05, 3.63) is 29.8 Å². The molecule has 2 rings (SSSR count). The van der Waals surface area contributed by atoms with Crippen molar-refractivity contribution in [1.29, 1.82) is 0 Å². The number of nitrogens with one attached hydrogen (secondary N) is 1. The fourth-order valence-electron chi connectivity index (χ4n) is 2.68. The zero-order chi connectivity index (χ0) is 15.2. The third-order valence-corrected chi connectivity index (χ3v) is 3.84. The van der Waals surface area contributed by atoms with Crippen LogP contribution in [0.15, 0.2) is 24.3 Å². The fourth-order valence-corrected chi connectivity index (χ4v) is 2.68. The molecular weight excluding hydrogens is 270 g/mol. The van der Waals surface area contributed by atoms with E-state index in [1.807, 2.05) is 13.0 Å². The number of carboxylic acids is 1. The first kappa shape index (κ1) is 15.4. The maximum absolute atomic E-state index is 12.3. The fraction of sp³-hybridized carbons (Fsp3) is 0.500. The van der Waals surface area contributed by atoms with E-state index < -0.39 is 5.97 Å². The summed E-state index contributed by atoms with van der Waals surface area (Å²) in [6.45, 7) is 2.38. The van der Waals surface area contributed by atoms with Gasteiger partial charge >= 0.3 is 5.97 Å². The zero-order valence-electron chi connectivity index (χ0n) is 12.2. The van der Waals surface area contributed by atoms with Crippen molar-refractivity contribution in [3.8, 4) is 5.75 Å². The Morgan fingerprint density at radius 1 is 1.24 bits per heavy atom. The molecule has 114 valence electrons. The molecule has 1 aliphatic rings. The smallest absolute Gasteiger partial charge is 0.306 e. The molecule has 0 atom stereocenters. The molecule has 1 aromatic rings. The summed E-state index contributed by atoms with van der Waals surface area (Å²) in [6, 6.07) is 7.20. The second kappa shape index (κ2) is 7.11. The van der Waals surface area contributed by atoms with Crippen molar-refractivity contribution in [3.63, 3.8) is 0 Å². The van der Waals surface area contributed by atoms with Crippen LogP contribution in [0, 0.1) is 5.92 Å². The highest BCUT2D eigenvalue weighted by Gasteiger charge is 2.27. The standard InChI is InChI=1S/C16H21NO4/c1-2-21-14-6-4-3-5-13(14)15(18)17-12-9-7-11(8-10-12)16(19)20/h3-6,11-12H,2,7-10H2,1H3,(H,17,18)(H,19,20). The minimum atomic E-state index is -0.735. The van der Waals surface area contributed by atoms with Gasteiger partial charge in [-0.15, -0.1) is 0 Å². The Morgan fingerprint density at radius 3 is 2.52 bits per heavy atom. The lowest BCUT2D eigenvalue weighted by Crippen LogP contribution is -2.38. The number of para-hydroxylation sites is 1. The Bertz CT molecular complexity index is 507. The van der Waals surface area contributed by atoms with E-state index in [1.54, 1.807) is 18.2 Å². The van der Waals surface area contributed by atoms with Gasteiger partial charge in [0.05, 0.1) is 18.1 Å². The molecule has 0 heterocycles. The number of carboxylic acid groups (broad SMARTS) is 1. The molecule has 0 bridgehead atoms. The normalized spacial score (nSPS) is 21.6. The molecule has 0 aromatic heterocycles. The Hall–Kier alpha value is -2.04. The van der Waals surface area contributed by atoms with Crippen LogP contribution in [0.4, 0.5) is 0 Å². The average molecular weight is 291 g/mol. The van der Waals surface area contributed by atoms with E-state index in [9.17, 15) is 9.59 Å². The first-order chi connectivity index (χ1) is 10.1. The van der Waals surface area contributed by atoms with Crippen LogP contribution in [-0.4, -0.2) is 29.6 Å². The van der Waals surface area contributed by atoms with Gasteiger partial charge in [-0.3, -0.25) is 9.59 Å². The first-order valence-corrected chi connectivity index (χ1v) is 7.37. The number of ether oxygens (including phenoxy) is 1. The van der Waals surface area contributed by atoms with E-state index in [-0.39, 0.29) is 17.9 Å². The summed E-state index contributed by atoms with van der Waals surface area (Å²) in [5.41, 5.74) is 0.528. The number of benzene rings is 1. The molecule has 0 aliphatic heterocycles. The molecule has 5 heteroatoms. The largest absolute Gasteiger partial charge is 0.493 e. The van der Waals surface area contributed by atoms with Gasteiger partial charge in [0, 0.05) is 6.04 Å². The summed E-state index contributed by atoms with van der Waals surface area (Å²) in [5.74, 6) is -0.579. The number of amides is 1. The molecule has 5 nitrogen and oxygen atoms in total. The molecular formula is C16H21NO4. The van der Waals surface area contributed by atoms with Gasteiger partial charge in [0.25, 0.3) is 5.91 Å². The quantitative estimate of drug-likeness (QED) is 0.873. The van der Waals surface area contributed by atoms with Gasteiger partial charge in [-0.25, -0.2) is 0 Å². The van der Waals surface area contributed by atoms with Crippen molar-refractivity contribution in [2.75, 3.05) is 6.61 Å². The predicted molar refractivity (Wildman–Crippen MR) is 78.5 cm³/mol. The van der Waals surface area contributed by atoms with Crippen LogP contribution in [0.25, 0.3) is 0 Å². The van der Waals surface area contributed by atoms with Crippen LogP contribution in [0.1, 0.15) is 43.0 Å². The summed E-state index contributed by atoms with van der Waals surface area (Å²) in [7, 11) is 0. The van der Waals surface area contributed by atoms with Gasteiger partial charge in [0.1, 0.15) is 5.75 Å². The maximum atomic E-state index is 12.3. The second-order valence-electron chi connectivity index (χ2n) is 5.29. The van der Waals surface area contributed by atoms with Crippen molar-refractivity contribution in [2.45, 2.75) is 38.6 Å². The Balaban J connectivity index is 1.95. The van der Waals surface area contributed by atoms with Gasteiger partial charge in [0.2, 0.25) is 0 Å². The van der Waals surface area contributed by atoms with Gasteiger partial charge in [-0.2, -0.15) is 0 Å². The summed E-state index contributed by atoms with van der Waals surface area (Å²) in [5, 5.41) is 12.0. The number of hydrogen-bond acceptors (Lipinski definition) is 3. The van der Waals surface area contributed by atoms with Crippen molar-refractivity contribution in [1.82, 2.24) is 5.32 Å². The number of carbonyl (C=O) groups is 2. The summed E-state index contributed by atoms with van der Waals surface area (Å²) in [4.78, 5) is 23.2. The maximum Gasteiger partial charge on any atom is 0.306 e. The first-order valence-electron chi connectivity index (χ1n) is 7.37. The Morgan fingerprint density at radius 2 is 1.90 bits per heavy atom. The molecule has 0 radical (unpaired) electrons. The van der Waals surface area contributed by atoms with Crippen molar-refractivity contribution < 1.29 is 19.4 Å². The Labute approximate surface area is 124 Å². The van der Waals surface area contributed by atoms with Crippen molar-refractivity contribution >= 4 is 11.9 Å². The van der Waals surface area contributed by atoms with Crippen LogP contribution in [0.3, 0.4) is 0 Å². The molecule has 0 saturated heterocycles. The van der Waals surface area contributed by atoms with E-state index in [2.05, 4.69) is 5.32 Å². The molecule has 1 aromatic carbocycles. The van der Waals surface area contributed by atoms with E-state index in [0.717, 1.165) is 0 Å². The molecule has 1 aliphatic carbocycles. The molecule has 0 unspecified atom stereocenters. The summed E-state index contributed by atoms with van der Waals surface area (Å²) in [6.07, 6.45) is 2.65. The van der Waals surface area contributed by atoms with E-state index in [1.165, 1.54) is 0 Å². The lowest BCUT2D eigenvalue weighted by Gasteiger charge is -2.27. The highest BCUT2D eigenvalue weighted by molar-refractivity contribution is 5.97. The third-order valence-electron chi connectivity index (χ3n) is 3.84. The van der Waals surface area contributed by atoms with E-state index in [0.29, 0.717) is 43.6 Å². The summed E-state index contributed by atoms with van der Waals surface area (Å²) >= 11 is 0.